The number of aromatic nitrogens is 3. The molecule has 0 aliphatic carbocycles. The van der Waals surface area contributed by atoms with E-state index in [0.29, 0.717) is 0 Å². The third kappa shape index (κ3) is 6.91. The van der Waals surface area contributed by atoms with Gasteiger partial charge in [0.05, 0.1) is 30.5 Å². The summed E-state index contributed by atoms with van der Waals surface area (Å²) < 4.78 is 39.4. The molecule has 9 aromatic rings. The van der Waals surface area contributed by atoms with Crippen LogP contribution in [0.3, 0.4) is 0 Å². The van der Waals surface area contributed by atoms with Crippen LogP contribution < -0.4 is 5.19 Å². The Morgan fingerprint density at radius 1 is 0.811 bits per heavy atom. The van der Waals surface area contributed by atoms with Crippen molar-refractivity contribution in [3.05, 3.63) is 157 Å². The zero-order chi connectivity index (χ0) is 39.4. The zero-order valence-electron chi connectivity index (χ0n) is 34.3. The number of furan rings is 1. The van der Waals surface area contributed by atoms with E-state index < -0.39 is 20.8 Å². The second-order valence-electron chi connectivity index (χ2n) is 14.3. The Bertz CT molecular complexity index is 2880. The Hall–Kier alpha value is -5.13. The third-order valence-corrected chi connectivity index (χ3v) is 11.5. The number of rotatable bonds is 5. The van der Waals surface area contributed by atoms with Crippen LogP contribution in [0.1, 0.15) is 36.4 Å². The average molecular weight is 888 g/mol. The summed E-state index contributed by atoms with van der Waals surface area (Å²) in [4.78, 5) is 9.62. The number of hydrogen-bond acceptors (Lipinski definition) is 3. The van der Waals surface area contributed by atoms with Gasteiger partial charge in [-0.25, -0.2) is 0 Å². The Morgan fingerprint density at radius 3 is 2.34 bits per heavy atom. The summed E-state index contributed by atoms with van der Waals surface area (Å²) >= 11 is 0. The summed E-state index contributed by atoms with van der Waals surface area (Å²) in [6, 6.07) is 48.5. The number of para-hydroxylation sites is 3. The molecule has 53 heavy (non-hydrogen) atoms. The van der Waals surface area contributed by atoms with E-state index in [1.807, 2.05) is 56.4 Å². The van der Waals surface area contributed by atoms with E-state index >= 15 is 0 Å². The van der Waals surface area contributed by atoms with Gasteiger partial charge in [0.25, 0.3) is 0 Å². The summed E-state index contributed by atoms with van der Waals surface area (Å²) in [5, 5.41) is 5.73. The fraction of sp³-hybridized carbons (Fsp3) is 0.149. The van der Waals surface area contributed by atoms with Gasteiger partial charge in [-0.1, -0.05) is 130 Å². The Labute approximate surface area is 331 Å². The van der Waals surface area contributed by atoms with Gasteiger partial charge in [-0.05, 0) is 46.4 Å². The molecule has 1 radical (unpaired) electrons. The molecule has 6 heteroatoms. The second kappa shape index (κ2) is 14.7. The minimum atomic E-state index is -2.13. The van der Waals surface area contributed by atoms with Crippen LogP contribution in [0.15, 0.2) is 138 Å². The molecule has 3 aromatic heterocycles. The molecule has 0 spiro atoms. The first-order chi connectivity index (χ1) is 26.7. The van der Waals surface area contributed by atoms with Crippen LogP contribution in [0.2, 0.25) is 19.6 Å². The second-order valence-corrected chi connectivity index (χ2v) is 19.3. The average Bonchev–Trinajstić information content (AvgIpc) is 3.76. The first kappa shape index (κ1) is 31.4. The van der Waals surface area contributed by atoms with Crippen molar-refractivity contribution in [2.75, 3.05) is 0 Å². The van der Waals surface area contributed by atoms with Gasteiger partial charge in [-0.15, -0.1) is 53.6 Å². The molecule has 0 aliphatic heterocycles. The summed E-state index contributed by atoms with van der Waals surface area (Å²) in [7, 11) is -1.61. The Balaban J connectivity index is 0.000000179. The number of benzene rings is 6. The number of hydrogen-bond donors (Lipinski definition) is 0. The molecule has 4 nitrogen and oxygen atoms in total. The number of imidazole rings is 1. The Kier molecular flexibility index (Phi) is 8.71. The summed E-state index contributed by atoms with van der Waals surface area (Å²) in [5.41, 5.74) is 8.36. The van der Waals surface area contributed by atoms with E-state index in [1.54, 1.807) is 12.1 Å². The fourth-order valence-corrected chi connectivity index (χ4v) is 8.48. The molecule has 0 bridgehead atoms. The molecule has 0 saturated carbocycles. The Morgan fingerprint density at radius 2 is 1.57 bits per heavy atom. The maximum Gasteiger partial charge on any atom is 0.120 e. The SMILES string of the molecule is [2H]C([2H])([2H])c1c[c-]c(-c2cc(C([2H])(C)C)c([Si](C)(C)C)cn2)cc1.[Ir].[c-]1ccc2c(oc3ccccc32)c1-c1nc2ccccc2n1-c1cccc2ccccc12. The standard InChI is InChI=1S/C29H17N2O.C18H24NSi.Ir/c1-2-11-20-19(9-1)10-7-17-25(20)31-26-16-5-4-15-24(26)30-29(31)23-14-8-13-22-21-12-3-6-18-27(21)32-28(22)23;1-13(2)16-11-17(15-9-7-14(3)8-10-15)19-12-18(16)20(4,5)6;/h1-13,15-18H;7-9,11-13H,1-6H3;/q2*-1;/i;3D3,13D;. The van der Waals surface area contributed by atoms with Crippen LogP contribution >= 0.6 is 0 Å². The molecule has 0 saturated heterocycles. The third-order valence-electron chi connectivity index (χ3n) is 9.47. The molecule has 3 heterocycles. The summed E-state index contributed by atoms with van der Waals surface area (Å²) in [6.07, 6.45) is 1.89. The normalized spacial score (nSPS) is 13.2. The first-order valence-electron chi connectivity index (χ1n) is 19.5. The fourth-order valence-electron chi connectivity index (χ4n) is 6.90. The molecule has 9 rings (SSSR count). The van der Waals surface area contributed by atoms with Crippen molar-refractivity contribution in [3.63, 3.8) is 0 Å². The van der Waals surface area contributed by atoms with Crippen molar-refractivity contribution in [3.8, 4) is 28.3 Å². The van der Waals surface area contributed by atoms with Crippen molar-refractivity contribution in [2.24, 2.45) is 0 Å². The number of pyridine rings is 1. The van der Waals surface area contributed by atoms with E-state index in [-0.39, 0.29) is 25.7 Å². The number of aryl methyl sites for hydroxylation is 1. The first-order valence-corrected chi connectivity index (χ1v) is 21.0. The minimum Gasteiger partial charge on any atom is -0.501 e. The molecule has 0 fully saturated rings. The zero-order valence-corrected chi connectivity index (χ0v) is 33.7. The molecule has 0 N–H and O–H groups in total. The van der Waals surface area contributed by atoms with Crippen LogP contribution in [0.4, 0.5) is 0 Å². The monoisotopic (exact) mass is 888 g/mol. The van der Waals surface area contributed by atoms with E-state index in [0.717, 1.165) is 66.9 Å². The maximum absolute atomic E-state index is 8.48. The predicted molar refractivity (Wildman–Crippen MR) is 220 cm³/mol. The molecule has 0 atom stereocenters. The summed E-state index contributed by atoms with van der Waals surface area (Å²) in [5.74, 6) is 0.110. The van der Waals surface area contributed by atoms with Gasteiger partial charge < -0.3 is 14.0 Å². The van der Waals surface area contributed by atoms with Crippen LogP contribution in [0, 0.1) is 19.0 Å². The largest absolute Gasteiger partial charge is 0.501 e. The smallest absolute Gasteiger partial charge is 0.120 e. The van der Waals surface area contributed by atoms with E-state index in [4.69, 9.17) is 14.9 Å². The predicted octanol–water partition coefficient (Wildman–Crippen LogP) is 12.1. The number of fused-ring (bicyclic) bond motifs is 5. The van der Waals surface area contributed by atoms with Gasteiger partial charge in [-0.2, -0.15) is 0 Å². The van der Waals surface area contributed by atoms with Crippen molar-refractivity contribution in [2.45, 2.75) is 46.2 Å². The van der Waals surface area contributed by atoms with Crippen LogP contribution in [-0.4, -0.2) is 22.6 Å². The van der Waals surface area contributed by atoms with Crippen molar-refractivity contribution >= 4 is 57.0 Å². The van der Waals surface area contributed by atoms with Gasteiger partial charge in [0.1, 0.15) is 5.58 Å². The van der Waals surface area contributed by atoms with E-state index in [1.165, 1.54) is 22.0 Å². The van der Waals surface area contributed by atoms with Gasteiger partial charge in [0.2, 0.25) is 0 Å². The molecule has 6 aromatic carbocycles. The summed E-state index contributed by atoms with van der Waals surface area (Å²) in [6.45, 7) is 8.38. The molecule has 0 amide bonds. The molecule has 0 aliphatic rings. The molecule has 265 valence electrons. The quantitative estimate of drug-likeness (QED) is 0.128. The molecule has 0 unspecified atom stereocenters. The van der Waals surface area contributed by atoms with E-state index in [9.17, 15) is 0 Å². The van der Waals surface area contributed by atoms with Crippen LogP contribution in [0.5, 0.6) is 0 Å². The van der Waals surface area contributed by atoms with Crippen molar-refractivity contribution < 1.29 is 30.0 Å². The van der Waals surface area contributed by atoms with Gasteiger partial charge in [0.15, 0.2) is 0 Å². The van der Waals surface area contributed by atoms with Gasteiger partial charge in [0, 0.05) is 48.2 Å². The number of nitrogens with zero attached hydrogens (tertiary/aromatic N) is 3. The minimum absolute atomic E-state index is 0. The topological polar surface area (TPSA) is 43.9 Å². The molecular formula is C47H41IrN3OSi-2. The molecular weight excluding hydrogens is 843 g/mol. The van der Waals surface area contributed by atoms with Crippen molar-refractivity contribution in [1.82, 2.24) is 14.5 Å². The van der Waals surface area contributed by atoms with Crippen molar-refractivity contribution in [1.29, 1.82) is 0 Å². The van der Waals surface area contributed by atoms with Crippen LogP contribution in [0.25, 0.3) is 72.1 Å². The maximum atomic E-state index is 8.48. The van der Waals surface area contributed by atoms with Crippen LogP contribution in [-0.2, 0) is 20.1 Å². The van der Waals surface area contributed by atoms with E-state index in [2.05, 4.69) is 114 Å². The van der Waals surface area contributed by atoms with Gasteiger partial charge >= 0.3 is 0 Å². The van der Waals surface area contributed by atoms with Gasteiger partial charge in [-0.3, -0.25) is 4.98 Å².